The van der Waals surface area contributed by atoms with E-state index in [-0.39, 0.29) is 28.4 Å². The van der Waals surface area contributed by atoms with Gasteiger partial charge >= 0.3 is 5.97 Å². The van der Waals surface area contributed by atoms with Crippen molar-refractivity contribution in [2.45, 2.75) is 11.8 Å². The average Bonchev–Trinajstić information content (AvgIpc) is 2.55. The molecule has 24 heavy (non-hydrogen) atoms. The van der Waals surface area contributed by atoms with Gasteiger partial charge in [0.2, 0.25) is 0 Å². The molecule has 0 heterocycles. The molecule has 0 amide bonds. The number of non-ortho nitro benzene ring substituents is 1. The summed E-state index contributed by atoms with van der Waals surface area (Å²) in [5.41, 5.74) is 0.179. The van der Waals surface area contributed by atoms with Gasteiger partial charge < -0.3 is 4.74 Å². The number of sulfonamides is 1. The van der Waals surface area contributed by atoms with Crippen molar-refractivity contribution in [2.24, 2.45) is 0 Å². The molecule has 2 aromatic rings. The summed E-state index contributed by atoms with van der Waals surface area (Å²) in [5, 5.41) is 10.6. The third kappa shape index (κ3) is 4.07. The van der Waals surface area contributed by atoms with Crippen molar-refractivity contribution in [3.63, 3.8) is 0 Å². The molecule has 0 atom stereocenters. The second-order valence-electron chi connectivity index (χ2n) is 4.66. The summed E-state index contributed by atoms with van der Waals surface area (Å²) in [6.45, 7) is 1.87. The largest absolute Gasteiger partial charge is 0.462 e. The van der Waals surface area contributed by atoms with E-state index in [1.165, 1.54) is 24.3 Å². The third-order valence-corrected chi connectivity index (χ3v) is 4.38. The molecule has 0 fully saturated rings. The third-order valence-electron chi connectivity index (χ3n) is 2.98. The van der Waals surface area contributed by atoms with E-state index in [1.54, 1.807) is 6.92 Å². The predicted octanol–water partition coefficient (Wildman–Crippen LogP) is 2.57. The quantitative estimate of drug-likeness (QED) is 0.486. The van der Waals surface area contributed by atoms with Crippen LogP contribution in [-0.2, 0) is 14.8 Å². The number of ether oxygens (including phenoxy) is 1. The average molecular weight is 350 g/mol. The summed E-state index contributed by atoms with van der Waals surface area (Å²) < 4.78 is 31.8. The normalized spacial score (nSPS) is 10.9. The molecular weight excluding hydrogens is 336 g/mol. The number of nitrogens with one attached hydrogen (secondary N) is 1. The zero-order valence-electron chi connectivity index (χ0n) is 12.6. The standard InChI is InChI=1S/C15H14N2O6S/c1-2-23-15(18)11-4-3-5-12(10-11)16-24(21,22)14-8-6-13(7-9-14)17(19)20/h3-10,16H,2H2,1H3. The first kappa shape index (κ1) is 17.4. The molecule has 0 bridgehead atoms. The van der Waals surface area contributed by atoms with Gasteiger partial charge in [0.25, 0.3) is 15.7 Å². The lowest BCUT2D eigenvalue weighted by molar-refractivity contribution is -0.384. The van der Waals surface area contributed by atoms with Crippen LogP contribution in [0.4, 0.5) is 11.4 Å². The summed E-state index contributed by atoms with van der Waals surface area (Å²) in [6.07, 6.45) is 0. The highest BCUT2D eigenvalue weighted by molar-refractivity contribution is 7.92. The van der Waals surface area contributed by atoms with Crippen LogP contribution in [0.15, 0.2) is 53.4 Å². The number of nitro groups is 1. The molecule has 0 radical (unpaired) electrons. The van der Waals surface area contributed by atoms with E-state index in [4.69, 9.17) is 4.74 Å². The molecule has 0 spiro atoms. The summed E-state index contributed by atoms with van der Waals surface area (Å²) in [7, 11) is -3.94. The molecule has 2 aromatic carbocycles. The van der Waals surface area contributed by atoms with Crippen molar-refractivity contribution in [2.75, 3.05) is 11.3 Å². The minimum Gasteiger partial charge on any atom is -0.462 e. The van der Waals surface area contributed by atoms with Gasteiger partial charge in [-0.15, -0.1) is 0 Å². The molecule has 126 valence electrons. The number of rotatable bonds is 6. The summed E-state index contributed by atoms with van der Waals surface area (Å²) in [5.74, 6) is -0.561. The topological polar surface area (TPSA) is 116 Å². The number of hydrogen-bond acceptors (Lipinski definition) is 6. The van der Waals surface area contributed by atoms with E-state index in [0.29, 0.717) is 0 Å². The van der Waals surface area contributed by atoms with E-state index >= 15 is 0 Å². The second-order valence-corrected chi connectivity index (χ2v) is 6.34. The first-order valence-electron chi connectivity index (χ1n) is 6.88. The van der Waals surface area contributed by atoms with Gasteiger partial charge in [-0.1, -0.05) is 6.07 Å². The Balaban J connectivity index is 2.24. The fourth-order valence-corrected chi connectivity index (χ4v) is 2.93. The number of nitrogens with zero attached hydrogens (tertiary/aromatic N) is 1. The number of carbonyl (C=O) groups is 1. The summed E-state index contributed by atoms with van der Waals surface area (Å²) in [6, 6.07) is 10.3. The van der Waals surface area contributed by atoms with Gasteiger partial charge in [-0.2, -0.15) is 0 Å². The molecule has 0 unspecified atom stereocenters. The van der Waals surface area contributed by atoms with Gasteiger partial charge in [0, 0.05) is 17.8 Å². The van der Waals surface area contributed by atoms with Gasteiger partial charge in [-0.05, 0) is 37.3 Å². The lowest BCUT2D eigenvalue weighted by Gasteiger charge is -2.09. The Morgan fingerprint density at radius 2 is 1.88 bits per heavy atom. The molecule has 0 aliphatic heterocycles. The fourth-order valence-electron chi connectivity index (χ4n) is 1.89. The molecular formula is C15H14N2O6S. The first-order chi connectivity index (χ1) is 11.3. The second kappa shape index (κ2) is 7.09. The molecule has 8 nitrogen and oxygen atoms in total. The minimum atomic E-state index is -3.94. The van der Waals surface area contributed by atoms with Crippen LogP contribution >= 0.6 is 0 Å². The van der Waals surface area contributed by atoms with Crippen LogP contribution in [-0.4, -0.2) is 25.9 Å². The van der Waals surface area contributed by atoms with Crippen LogP contribution in [0.1, 0.15) is 17.3 Å². The number of anilines is 1. The smallest absolute Gasteiger partial charge is 0.338 e. The Labute approximate surface area is 138 Å². The Morgan fingerprint density at radius 1 is 1.21 bits per heavy atom. The van der Waals surface area contributed by atoms with E-state index in [2.05, 4.69) is 4.72 Å². The molecule has 2 rings (SSSR count). The maximum atomic E-state index is 12.3. The SMILES string of the molecule is CCOC(=O)c1cccc(NS(=O)(=O)c2ccc([N+](=O)[O-])cc2)c1. The van der Waals surface area contributed by atoms with Crippen molar-refractivity contribution in [3.8, 4) is 0 Å². The fraction of sp³-hybridized carbons (Fsp3) is 0.133. The van der Waals surface area contributed by atoms with Crippen LogP contribution in [0.2, 0.25) is 0 Å². The van der Waals surface area contributed by atoms with Crippen LogP contribution in [0.3, 0.4) is 0 Å². The van der Waals surface area contributed by atoms with Gasteiger partial charge in [-0.25, -0.2) is 13.2 Å². The lowest BCUT2D eigenvalue weighted by atomic mass is 10.2. The maximum Gasteiger partial charge on any atom is 0.338 e. The molecule has 0 saturated carbocycles. The zero-order valence-corrected chi connectivity index (χ0v) is 13.4. The van der Waals surface area contributed by atoms with Crippen LogP contribution in [0.5, 0.6) is 0 Å². The number of esters is 1. The Morgan fingerprint density at radius 3 is 2.46 bits per heavy atom. The van der Waals surface area contributed by atoms with Crippen molar-refractivity contribution in [1.82, 2.24) is 0 Å². The van der Waals surface area contributed by atoms with Crippen molar-refractivity contribution in [3.05, 3.63) is 64.2 Å². The minimum absolute atomic E-state index is 0.130. The molecule has 0 aromatic heterocycles. The van der Waals surface area contributed by atoms with Gasteiger partial charge in [0.1, 0.15) is 0 Å². The zero-order chi connectivity index (χ0) is 17.7. The summed E-state index contributed by atoms with van der Waals surface area (Å²) in [4.78, 5) is 21.5. The number of carbonyl (C=O) groups excluding carboxylic acids is 1. The summed E-state index contributed by atoms with van der Waals surface area (Å²) >= 11 is 0. The van der Waals surface area contributed by atoms with Gasteiger partial charge in [0.15, 0.2) is 0 Å². The predicted molar refractivity (Wildman–Crippen MR) is 86.3 cm³/mol. The highest BCUT2D eigenvalue weighted by Crippen LogP contribution is 2.20. The molecule has 1 N–H and O–H groups in total. The molecule has 0 aliphatic rings. The molecule has 9 heteroatoms. The first-order valence-corrected chi connectivity index (χ1v) is 8.36. The van der Waals surface area contributed by atoms with Crippen LogP contribution in [0, 0.1) is 10.1 Å². The van der Waals surface area contributed by atoms with Gasteiger partial charge in [-0.3, -0.25) is 14.8 Å². The highest BCUT2D eigenvalue weighted by atomic mass is 32.2. The number of nitro benzene ring substituents is 1. The maximum absolute atomic E-state index is 12.3. The van der Waals surface area contributed by atoms with Gasteiger partial charge in [0.05, 0.1) is 22.0 Å². The van der Waals surface area contributed by atoms with E-state index in [1.807, 2.05) is 0 Å². The van der Waals surface area contributed by atoms with Crippen molar-refractivity contribution in [1.29, 1.82) is 0 Å². The highest BCUT2D eigenvalue weighted by Gasteiger charge is 2.17. The van der Waals surface area contributed by atoms with Crippen LogP contribution < -0.4 is 4.72 Å². The molecule has 0 saturated heterocycles. The van der Waals surface area contributed by atoms with E-state index in [9.17, 15) is 23.3 Å². The Bertz CT molecular complexity index is 862. The van der Waals surface area contributed by atoms with Crippen LogP contribution in [0.25, 0.3) is 0 Å². The van der Waals surface area contributed by atoms with E-state index < -0.39 is 20.9 Å². The van der Waals surface area contributed by atoms with Crippen molar-refractivity contribution < 1.29 is 22.9 Å². The monoisotopic (exact) mass is 350 g/mol. The number of hydrogen-bond donors (Lipinski definition) is 1. The Hall–Kier alpha value is -2.94. The molecule has 0 aliphatic carbocycles. The van der Waals surface area contributed by atoms with E-state index in [0.717, 1.165) is 24.3 Å². The lowest BCUT2D eigenvalue weighted by Crippen LogP contribution is -2.13. The Kier molecular flexibility index (Phi) is 5.14. The van der Waals surface area contributed by atoms with Crippen molar-refractivity contribution >= 4 is 27.4 Å². The number of benzene rings is 2.